The van der Waals surface area contributed by atoms with E-state index in [4.69, 9.17) is 21.3 Å². The summed E-state index contributed by atoms with van der Waals surface area (Å²) >= 11 is 8.03. The quantitative estimate of drug-likeness (QED) is 0.307. The highest BCUT2D eigenvalue weighted by molar-refractivity contribution is 7.14. The van der Waals surface area contributed by atoms with Crippen molar-refractivity contribution in [3.63, 3.8) is 0 Å². The zero-order valence-electron chi connectivity index (χ0n) is 24.2. The molecule has 12 nitrogen and oxygen atoms in total. The molecule has 3 aliphatic rings. The van der Waals surface area contributed by atoms with E-state index in [1.165, 1.54) is 16.2 Å². The number of amides is 3. The molecule has 44 heavy (non-hydrogen) atoms. The maximum atomic E-state index is 12.1. The molecule has 0 atom stereocenters. The van der Waals surface area contributed by atoms with Crippen molar-refractivity contribution in [3.8, 4) is 17.3 Å². The fraction of sp³-hybridized carbons (Fsp3) is 0.467. The van der Waals surface area contributed by atoms with Gasteiger partial charge in [-0.1, -0.05) is 11.6 Å². The van der Waals surface area contributed by atoms with Crippen molar-refractivity contribution in [3.05, 3.63) is 46.7 Å². The standard InChI is InChI=1S/C30H34ClN9O3S/c31-24-15-34-26(13-23(24)25-17-44-28(37-25)35-19-30(18-32)6-11-43-12-7-30)36-20-3-8-39(9-4-20)16-21-1-2-22(14-33-21)40-10-5-27(41)38-29(40)42/h1-2,13-15,17,20H,3-12,16,19H2,(H,34,36)(H,35,37)(H,38,41,42). The van der Waals surface area contributed by atoms with E-state index in [2.05, 4.69) is 36.9 Å². The van der Waals surface area contributed by atoms with Gasteiger partial charge in [0.2, 0.25) is 5.91 Å². The number of anilines is 3. The van der Waals surface area contributed by atoms with E-state index in [-0.39, 0.29) is 18.4 Å². The Labute approximate surface area is 264 Å². The summed E-state index contributed by atoms with van der Waals surface area (Å²) in [6.07, 6.45) is 6.98. The predicted octanol–water partition coefficient (Wildman–Crippen LogP) is 4.51. The molecule has 3 aliphatic heterocycles. The number of imide groups is 1. The average molecular weight is 636 g/mol. The van der Waals surface area contributed by atoms with Gasteiger partial charge < -0.3 is 15.4 Å². The molecule has 0 bridgehead atoms. The number of aromatic nitrogens is 3. The number of likely N-dealkylation sites (tertiary alicyclic amines) is 1. The molecule has 0 unspecified atom stereocenters. The van der Waals surface area contributed by atoms with Gasteiger partial charge in [-0.15, -0.1) is 11.3 Å². The van der Waals surface area contributed by atoms with Crippen molar-refractivity contribution >= 4 is 51.5 Å². The number of hydrogen-bond acceptors (Lipinski definition) is 11. The molecule has 0 aromatic carbocycles. The molecule has 3 aromatic heterocycles. The molecule has 3 fully saturated rings. The summed E-state index contributed by atoms with van der Waals surface area (Å²) in [5, 5.41) is 22.3. The van der Waals surface area contributed by atoms with Gasteiger partial charge in [-0.25, -0.2) is 14.8 Å². The molecule has 3 amide bonds. The number of hydrogen-bond donors (Lipinski definition) is 3. The SMILES string of the molecule is N#CC1(CNc2nc(-c3cc(NC4CCN(Cc5ccc(N6CCC(=O)NC6=O)cn5)CC4)ncc3Cl)cs2)CCOCC1. The summed E-state index contributed by atoms with van der Waals surface area (Å²) in [6.45, 7) is 4.67. The predicted molar refractivity (Wildman–Crippen MR) is 169 cm³/mol. The lowest BCUT2D eigenvalue weighted by molar-refractivity contribution is -0.120. The van der Waals surface area contributed by atoms with Crippen LogP contribution in [0.5, 0.6) is 0 Å². The third kappa shape index (κ3) is 7.10. The number of halogens is 1. The second-order valence-electron chi connectivity index (χ2n) is 11.4. The van der Waals surface area contributed by atoms with E-state index < -0.39 is 11.4 Å². The fourth-order valence-corrected chi connectivity index (χ4v) is 6.59. The van der Waals surface area contributed by atoms with Crippen LogP contribution in [0.25, 0.3) is 11.3 Å². The minimum atomic E-state index is -0.428. The van der Waals surface area contributed by atoms with Crippen molar-refractivity contribution in [1.29, 1.82) is 5.26 Å². The average Bonchev–Trinajstić information content (AvgIpc) is 3.52. The Bertz CT molecular complexity index is 1530. The number of carbonyl (C=O) groups is 2. The summed E-state index contributed by atoms with van der Waals surface area (Å²) in [5.41, 5.74) is 2.78. The summed E-state index contributed by atoms with van der Waals surface area (Å²) in [5.74, 6) is 0.511. The molecule has 230 valence electrons. The number of rotatable bonds is 9. The summed E-state index contributed by atoms with van der Waals surface area (Å²) < 4.78 is 5.43. The van der Waals surface area contributed by atoms with Crippen LogP contribution in [0.3, 0.4) is 0 Å². The minimum absolute atomic E-state index is 0.250. The topological polar surface area (TPSA) is 148 Å². The highest BCUT2D eigenvalue weighted by Gasteiger charge is 2.33. The molecular weight excluding hydrogens is 602 g/mol. The number of pyridine rings is 2. The van der Waals surface area contributed by atoms with E-state index in [0.29, 0.717) is 49.9 Å². The van der Waals surface area contributed by atoms with E-state index >= 15 is 0 Å². The number of carbonyl (C=O) groups excluding carboxylic acids is 2. The second kappa shape index (κ2) is 13.4. The van der Waals surface area contributed by atoms with Crippen LogP contribution in [0, 0.1) is 16.7 Å². The first-order chi connectivity index (χ1) is 21.4. The Morgan fingerprint density at radius 2 is 1.98 bits per heavy atom. The van der Waals surface area contributed by atoms with Crippen molar-refractivity contribution < 1.29 is 14.3 Å². The van der Waals surface area contributed by atoms with E-state index in [1.807, 2.05) is 23.6 Å². The zero-order chi connectivity index (χ0) is 30.5. The number of thiazole rings is 1. The maximum Gasteiger partial charge on any atom is 0.328 e. The lowest BCUT2D eigenvalue weighted by atomic mass is 9.82. The molecule has 14 heteroatoms. The fourth-order valence-electron chi connectivity index (χ4n) is 5.68. The summed E-state index contributed by atoms with van der Waals surface area (Å²) in [7, 11) is 0. The number of nitrogens with one attached hydrogen (secondary N) is 3. The van der Waals surface area contributed by atoms with Gasteiger partial charge in [0.25, 0.3) is 0 Å². The molecular formula is C30H34ClN9O3S. The number of nitriles is 1. The van der Waals surface area contributed by atoms with Crippen LogP contribution in [-0.2, 0) is 16.1 Å². The number of nitrogens with zero attached hydrogens (tertiary/aromatic N) is 6. The van der Waals surface area contributed by atoms with Crippen LogP contribution in [0.15, 0.2) is 36.0 Å². The Kier molecular flexibility index (Phi) is 9.22. The van der Waals surface area contributed by atoms with Gasteiger partial charge in [-0.2, -0.15) is 5.26 Å². The summed E-state index contributed by atoms with van der Waals surface area (Å²) in [4.78, 5) is 41.2. The molecule has 3 aromatic rings. The largest absolute Gasteiger partial charge is 0.381 e. The highest BCUT2D eigenvalue weighted by atomic mass is 35.5. The number of piperidine rings is 1. The van der Waals surface area contributed by atoms with Gasteiger partial charge in [0.15, 0.2) is 5.13 Å². The van der Waals surface area contributed by atoms with Gasteiger partial charge in [-0.05, 0) is 43.9 Å². The molecule has 3 N–H and O–H groups in total. The van der Waals surface area contributed by atoms with E-state index in [1.54, 1.807) is 12.4 Å². The summed E-state index contributed by atoms with van der Waals surface area (Å²) in [6, 6.07) is 8.12. The third-order valence-electron chi connectivity index (χ3n) is 8.40. The second-order valence-corrected chi connectivity index (χ2v) is 12.7. The lowest BCUT2D eigenvalue weighted by Gasteiger charge is -2.32. The van der Waals surface area contributed by atoms with Gasteiger partial charge in [0, 0.05) is 75.5 Å². The molecule has 0 spiro atoms. The first-order valence-corrected chi connectivity index (χ1v) is 16.0. The molecule has 0 saturated carbocycles. The lowest BCUT2D eigenvalue weighted by Crippen LogP contribution is -2.49. The van der Waals surface area contributed by atoms with Crippen LogP contribution in [-0.4, -0.2) is 77.2 Å². The molecule has 0 radical (unpaired) electrons. The van der Waals surface area contributed by atoms with Gasteiger partial charge in [-0.3, -0.25) is 24.9 Å². The van der Waals surface area contributed by atoms with Crippen molar-refractivity contribution in [2.24, 2.45) is 5.41 Å². The smallest absolute Gasteiger partial charge is 0.328 e. The monoisotopic (exact) mass is 635 g/mol. The van der Waals surface area contributed by atoms with Gasteiger partial charge in [0.05, 0.1) is 39.8 Å². The van der Waals surface area contributed by atoms with Crippen LogP contribution in [0.4, 0.5) is 21.4 Å². The maximum absolute atomic E-state index is 12.1. The highest BCUT2D eigenvalue weighted by Crippen LogP contribution is 2.34. The first kappa shape index (κ1) is 30.2. The molecule has 6 heterocycles. The number of urea groups is 1. The third-order valence-corrected chi connectivity index (χ3v) is 9.50. The minimum Gasteiger partial charge on any atom is -0.381 e. The van der Waals surface area contributed by atoms with Crippen molar-refractivity contribution in [2.75, 3.05) is 54.9 Å². The van der Waals surface area contributed by atoms with Crippen LogP contribution < -0.4 is 20.9 Å². The molecule has 3 saturated heterocycles. The Morgan fingerprint density at radius 3 is 2.70 bits per heavy atom. The molecule has 0 aliphatic carbocycles. The normalized spacial score (nSPS) is 19.3. The Morgan fingerprint density at radius 1 is 1.16 bits per heavy atom. The van der Waals surface area contributed by atoms with E-state index in [9.17, 15) is 14.9 Å². The van der Waals surface area contributed by atoms with Crippen LogP contribution in [0.1, 0.15) is 37.8 Å². The Hall–Kier alpha value is -3.83. The van der Waals surface area contributed by atoms with Gasteiger partial charge in [0.1, 0.15) is 5.82 Å². The Balaban J connectivity index is 1.000. The number of ether oxygens (including phenoxy) is 1. The van der Waals surface area contributed by atoms with Crippen LogP contribution >= 0.6 is 22.9 Å². The van der Waals surface area contributed by atoms with Gasteiger partial charge >= 0.3 is 6.03 Å². The van der Waals surface area contributed by atoms with Crippen molar-refractivity contribution in [1.82, 2.24) is 25.2 Å². The molecule has 6 rings (SSSR count). The first-order valence-electron chi connectivity index (χ1n) is 14.8. The van der Waals surface area contributed by atoms with Crippen molar-refractivity contribution in [2.45, 2.75) is 44.7 Å². The van der Waals surface area contributed by atoms with E-state index in [0.717, 1.165) is 60.4 Å². The van der Waals surface area contributed by atoms with Crippen LogP contribution in [0.2, 0.25) is 5.02 Å². The zero-order valence-corrected chi connectivity index (χ0v) is 25.8.